The van der Waals surface area contributed by atoms with Crippen LogP contribution in [0.5, 0.6) is 5.75 Å². The van der Waals surface area contributed by atoms with Gasteiger partial charge in [0, 0.05) is 4.48 Å². The lowest BCUT2D eigenvalue weighted by atomic mass is 10.1. The zero-order chi connectivity index (χ0) is 11.3. The Morgan fingerprint density at radius 3 is 2.73 bits per heavy atom. The molecule has 0 heterocycles. The molecule has 0 fully saturated rings. The molecule has 0 unspecified atom stereocenters. The van der Waals surface area contributed by atoms with E-state index in [2.05, 4.69) is 38.4 Å². The molecular weight excluding hydrogens is 322 g/mol. The molecule has 0 aliphatic heterocycles. The van der Waals surface area contributed by atoms with Crippen LogP contribution in [-0.2, 0) is 6.42 Å². The Morgan fingerprint density at radius 2 is 2.20 bits per heavy atom. The zero-order valence-electron chi connectivity index (χ0n) is 8.30. The topological polar surface area (TPSA) is 35.2 Å². The summed E-state index contributed by atoms with van der Waals surface area (Å²) in [6, 6.07) is 5.98. The minimum atomic E-state index is 0.467. The van der Waals surface area contributed by atoms with Gasteiger partial charge in [0.1, 0.15) is 12.4 Å². The van der Waals surface area contributed by atoms with Crippen molar-refractivity contribution in [1.29, 1.82) is 0 Å². The molecule has 1 rings (SSSR count). The summed E-state index contributed by atoms with van der Waals surface area (Å²) < 4.78 is 7.27. The standard InChI is InChI=1S/C11H13Br2NO/c1-8(12)7-15-11-3-2-9(4-5-14)6-10(11)13/h2-3,6H,1,4-5,7,14H2. The minimum absolute atomic E-state index is 0.467. The van der Waals surface area contributed by atoms with Gasteiger partial charge in [-0.25, -0.2) is 0 Å². The van der Waals surface area contributed by atoms with E-state index in [-0.39, 0.29) is 0 Å². The molecule has 1 aromatic rings. The highest BCUT2D eigenvalue weighted by Gasteiger charge is 2.02. The molecule has 82 valence electrons. The summed E-state index contributed by atoms with van der Waals surface area (Å²) >= 11 is 6.70. The molecule has 0 aliphatic carbocycles. The van der Waals surface area contributed by atoms with Gasteiger partial charge >= 0.3 is 0 Å². The SMILES string of the molecule is C=C(Br)COc1ccc(CCN)cc1Br. The Balaban J connectivity index is 2.70. The lowest BCUT2D eigenvalue weighted by molar-refractivity contribution is 0.358. The van der Waals surface area contributed by atoms with E-state index < -0.39 is 0 Å². The molecule has 0 amide bonds. The van der Waals surface area contributed by atoms with E-state index in [1.807, 2.05) is 18.2 Å². The first kappa shape index (κ1) is 12.7. The van der Waals surface area contributed by atoms with Crippen LogP contribution in [0.1, 0.15) is 5.56 Å². The fourth-order valence-corrected chi connectivity index (χ4v) is 1.79. The van der Waals surface area contributed by atoms with Gasteiger partial charge in [-0.2, -0.15) is 0 Å². The average molecular weight is 335 g/mol. The van der Waals surface area contributed by atoms with E-state index in [0.29, 0.717) is 13.2 Å². The first-order valence-electron chi connectivity index (χ1n) is 4.58. The largest absolute Gasteiger partial charge is 0.487 e. The van der Waals surface area contributed by atoms with Gasteiger partial charge in [-0.3, -0.25) is 0 Å². The molecule has 1 aromatic carbocycles. The van der Waals surface area contributed by atoms with E-state index in [9.17, 15) is 0 Å². The summed E-state index contributed by atoms with van der Waals surface area (Å²) in [5, 5.41) is 0. The van der Waals surface area contributed by atoms with Crippen LogP contribution in [0.15, 0.2) is 33.7 Å². The maximum atomic E-state index is 5.51. The third-order valence-electron chi connectivity index (χ3n) is 1.81. The van der Waals surface area contributed by atoms with Crippen LogP contribution in [0.25, 0.3) is 0 Å². The second-order valence-electron chi connectivity index (χ2n) is 3.11. The Kier molecular flexibility index (Phi) is 5.36. The predicted octanol–water partition coefficient (Wildman–Crippen LogP) is 3.24. The van der Waals surface area contributed by atoms with Crippen molar-refractivity contribution in [3.05, 3.63) is 39.3 Å². The van der Waals surface area contributed by atoms with Crippen LogP contribution >= 0.6 is 31.9 Å². The van der Waals surface area contributed by atoms with Crippen LogP contribution < -0.4 is 10.5 Å². The second kappa shape index (κ2) is 6.30. The van der Waals surface area contributed by atoms with Crippen molar-refractivity contribution in [2.75, 3.05) is 13.2 Å². The third kappa shape index (κ3) is 4.36. The maximum Gasteiger partial charge on any atom is 0.134 e. The normalized spacial score (nSPS) is 10.1. The molecule has 0 radical (unpaired) electrons. The van der Waals surface area contributed by atoms with Gasteiger partial charge in [-0.15, -0.1) is 0 Å². The molecule has 0 aromatic heterocycles. The number of hydrogen-bond donors (Lipinski definition) is 1. The summed E-state index contributed by atoms with van der Waals surface area (Å²) in [7, 11) is 0. The molecule has 4 heteroatoms. The number of rotatable bonds is 5. The van der Waals surface area contributed by atoms with Crippen molar-refractivity contribution < 1.29 is 4.74 Å². The lowest BCUT2D eigenvalue weighted by Crippen LogP contribution is -2.03. The quantitative estimate of drug-likeness (QED) is 0.897. The fourth-order valence-electron chi connectivity index (χ4n) is 1.14. The van der Waals surface area contributed by atoms with Crippen molar-refractivity contribution in [3.63, 3.8) is 0 Å². The number of halogens is 2. The van der Waals surface area contributed by atoms with Gasteiger partial charge in [0.25, 0.3) is 0 Å². The molecular formula is C11H13Br2NO. The third-order valence-corrected chi connectivity index (χ3v) is 2.66. The minimum Gasteiger partial charge on any atom is -0.487 e. The van der Waals surface area contributed by atoms with E-state index >= 15 is 0 Å². The van der Waals surface area contributed by atoms with Crippen LogP contribution in [0, 0.1) is 0 Å². The Bertz CT molecular complexity index is 352. The van der Waals surface area contributed by atoms with Crippen molar-refractivity contribution in [3.8, 4) is 5.75 Å². The number of nitrogens with two attached hydrogens (primary N) is 1. The average Bonchev–Trinajstić information content (AvgIpc) is 2.17. The summed E-state index contributed by atoms with van der Waals surface area (Å²) in [5.41, 5.74) is 6.69. The van der Waals surface area contributed by atoms with Crippen molar-refractivity contribution in [2.24, 2.45) is 5.73 Å². The highest BCUT2D eigenvalue weighted by molar-refractivity contribution is 9.11. The summed E-state index contributed by atoms with van der Waals surface area (Å²) in [6.07, 6.45) is 0.879. The molecule has 0 saturated carbocycles. The first-order chi connectivity index (χ1) is 7.13. The lowest BCUT2D eigenvalue weighted by Gasteiger charge is -2.08. The molecule has 15 heavy (non-hydrogen) atoms. The Hall–Kier alpha value is -0.320. The molecule has 0 saturated heterocycles. The Morgan fingerprint density at radius 1 is 1.47 bits per heavy atom. The van der Waals surface area contributed by atoms with Gasteiger partial charge in [-0.05, 0) is 46.6 Å². The van der Waals surface area contributed by atoms with Gasteiger partial charge in [0.2, 0.25) is 0 Å². The van der Waals surface area contributed by atoms with Crippen LogP contribution in [0.2, 0.25) is 0 Å². The first-order valence-corrected chi connectivity index (χ1v) is 6.16. The maximum absolute atomic E-state index is 5.51. The van der Waals surface area contributed by atoms with E-state index in [4.69, 9.17) is 10.5 Å². The van der Waals surface area contributed by atoms with Crippen LogP contribution in [0.3, 0.4) is 0 Å². The van der Waals surface area contributed by atoms with Crippen LogP contribution in [-0.4, -0.2) is 13.2 Å². The van der Waals surface area contributed by atoms with Gasteiger partial charge in [0.05, 0.1) is 4.47 Å². The smallest absolute Gasteiger partial charge is 0.134 e. The molecule has 2 nitrogen and oxygen atoms in total. The molecule has 0 aliphatic rings. The predicted molar refractivity (Wildman–Crippen MR) is 70.5 cm³/mol. The highest BCUT2D eigenvalue weighted by Crippen LogP contribution is 2.26. The van der Waals surface area contributed by atoms with Crippen LogP contribution in [0.4, 0.5) is 0 Å². The summed E-state index contributed by atoms with van der Waals surface area (Å²) in [4.78, 5) is 0. The summed E-state index contributed by atoms with van der Waals surface area (Å²) in [6.45, 7) is 4.83. The summed E-state index contributed by atoms with van der Waals surface area (Å²) in [5.74, 6) is 0.816. The molecule has 0 atom stereocenters. The van der Waals surface area contributed by atoms with Gasteiger partial charge in [-0.1, -0.05) is 28.6 Å². The zero-order valence-corrected chi connectivity index (χ0v) is 11.5. The number of ether oxygens (including phenoxy) is 1. The number of hydrogen-bond acceptors (Lipinski definition) is 2. The van der Waals surface area contributed by atoms with E-state index in [1.165, 1.54) is 5.56 Å². The number of benzene rings is 1. The highest BCUT2D eigenvalue weighted by atomic mass is 79.9. The van der Waals surface area contributed by atoms with Crippen molar-refractivity contribution in [1.82, 2.24) is 0 Å². The fraction of sp³-hybridized carbons (Fsp3) is 0.273. The van der Waals surface area contributed by atoms with Gasteiger partial charge < -0.3 is 10.5 Å². The van der Waals surface area contributed by atoms with E-state index in [1.54, 1.807) is 0 Å². The molecule has 0 bridgehead atoms. The monoisotopic (exact) mass is 333 g/mol. The van der Waals surface area contributed by atoms with Crippen molar-refractivity contribution in [2.45, 2.75) is 6.42 Å². The molecule has 2 N–H and O–H groups in total. The van der Waals surface area contributed by atoms with Gasteiger partial charge in [0.15, 0.2) is 0 Å². The van der Waals surface area contributed by atoms with E-state index in [0.717, 1.165) is 21.1 Å². The Labute approximate surface area is 107 Å². The second-order valence-corrected chi connectivity index (χ2v) is 5.09. The van der Waals surface area contributed by atoms with Crippen molar-refractivity contribution >= 4 is 31.9 Å². The molecule has 0 spiro atoms.